The van der Waals surface area contributed by atoms with E-state index in [9.17, 15) is 0 Å². The van der Waals surface area contributed by atoms with Crippen LogP contribution in [0.4, 0.5) is 0 Å². The van der Waals surface area contributed by atoms with Gasteiger partial charge in [0.25, 0.3) is 0 Å². The number of hydrogen-bond donors (Lipinski definition) is 0. The summed E-state index contributed by atoms with van der Waals surface area (Å²) >= 11 is 3.64. The van der Waals surface area contributed by atoms with Gasteiger partial charge >= 0.3 is 0 Å². The van der Waals surface area contributed by atoms with Gasteiger partial charge in [-0.15, -0.1) is 119 Å². The van der Waals surface area contributed by atoms with Crippen molar-refractivity contribution in [2.45, 2.75) is 40.5 Å². The van der Waals surface area contributed by atoms with Crippen LogP contribution in [0.3, 0.4) is 0 Å². The van der Waals surface area contributed by atoms with E-state index in [1.807, 2.05) is 120 Å². The third-order valence-corrected chi connectivity index (χ3v) is 16.2. The smallest absolute Gasteiger partial charge is 0.0246 e. The van der Waals surface area contributed by atoms with Crippen LogP contribution in [0.15, 0.2) is 243 Å². The van der Waals surface area contributed by atoms with Gasteiger partial charge in [0.05, 0.1) is 0 Å². The number of fused-ring (bicyclic) bond motifs is 6. The van der Waals surface area contributed by atoms with Crippen LogP contribution in [0.25, 0.3) is 108 Å². The van der Waals surface area contributed by atoms with Crippen molar-refractivity contribution in [1.29, 1.82) is 0 Å². The topological polar surface area (TPSA) is 51.6 Å². The second-order valence-corrected chi connectivity index (χ2v) is 21.5. The van der Waals surface area contributed by atoms with E-state index in [1.165, 1.54) is 84.9 Å². The molecule has 2 radical (unpaired) electrons. The van der Waals surface area contributed by atoms with Crippen molar-refractivity contribution in [3.05, 3.63) is 290 Å². The first-order valence-electron chi connectivity index (χ1n) is 26.9. The first kappa shape index (κ1) is 58.7. The maximum atomic E-state index is 4.60. The Morgan fingerprint density at radius 2 is 0.793 bits per heavy atom. The molecule has 0 bridgehead atoms. The molecule has 0 atom stereocenters. The second-order valence-electron chi connectivity index (χ2n) is 19.3. The number of aryl methyl sites for hydroxylation is 4. The molecule has 0 aliphatic carbocycles. The summed E-state index contributed by atoms with van der Waals surface area (Å²) in [5.74, 6) is 0. The standard InChI is InChI=1S/2C19H16N.2C18H12NS.2Ir/c2*1-2-15-13-19(17-11-7-4-8-12-17)20-14-18(15)16-9-5-3-6-10-16;1-12-8-9-19-16(10-12)13-6-7-18-15(11-13)14-4-2-3-5-17(14)20-18;1-12-8-9-19-16(10-12)13-6-7-15-14-4-2-3-5-17(14)20-18(15)11-13;;/h2*3-11,13-14H,2H2,1H3;2*2-5,7-11H,1H3;;/q4*-1;;. The molecule has 0 N–H and O–H groups in total. The van der Waals surface area contributed by atoms with Crippen molar-refractivity contribution >= 4 is 63.0 Å². The Hall–Kier alpha value is -7.90. The van der Waals surface area contributed by atoms with Crippen LogP contribution in [0.1, 0.15) is 36.1 Å². The van der Waals surface area contributed by atoms with E-state index < -0.39 is 0 Å². The SMILES string of the molecule is CCc1cc(-c2[c-]cccc2)ncc1-c1ccccc1.CCc1cc(-c2[c-]cccc2)ncc1-c1ccccc1.Cc1ccnc(-c2[c-]cc3c(c2)sc2ccccc23)c1.Cc1ccnc(-c2[c-]cc3sc4ccccc4c3c2)c1.[Ir].[Ir]. The van der Waals surface area contributed by atoms with Crippen molar-refractivity contribution < 1.29 is 40.2 Å². The Morgan fingerprint density at radius 3 is 1.28 bits per heavy atom. The fourth-order valence-electron chi connectivity index (χ4n) is 9.73. The number of pyridine rings is 4. The molecule has 0 spiro atoms. The molecule has 0 unspecified atom stereocenters. The quantitative estimate of drug-likeness (QED) is 0.142. The summed E-state index contributed by atoms with van der Waals surface area (Å²) in [5.41, 5.74) is 18.1. The van der Waals surface area contributed by atoms with Crippen LogP contribution in [-0.4, -0.2) is 19.9 Å². The number of aromatic nitrogens is 4. The first-order chi connectivity index (χ1) is 39.4. The molecule has 8 heteroatoms. The fraction of sp³-hybridized carbons (Fsp3) is 0.0811. The number of thiophene rings is 2. The number of rotatable bonds is 8. The molecule has 8 aromatic carbocycles. The Morgan fingerprint density at radius 1 is 0.354 bits per heavy atom. The summed E-state index contributed by atoms with van der Waals surface area (Å²) in [4.78, 5) is 18.1. The Bertz CT molecular complexity index is 4220. The molecule has 0 saturated heterocycles. The summed E-state index contributed by atoms with van der Waals surface area (Å²) in [6.45, 7) is 8.54. The third kappa shape index (κ3) is 13.9. The summed E-state index contributed by atoms with van der Waals surface area (Å²) in [5, 5.41) is 5.20. The van der Waals surface area contributed by atoms with Gasteiger partial charge in [-0.2, -0.15) is 22.7 Å². The fourth-order valence-corrected chi connectivity index (χ4v) is 11.9. The van der Waals surface area contributed by atoms with E-state index in [0.29, 0.717) is 0 Å². The Kier molecular flexibility index (Phi) is 20.2. The van der Waals surface area contributed by atoms with Crippen molar-refractivity contribution in [3.63, 3.8) is 0 Å². The molecule has 82 heavy (non-hydrogen) atoms. The zero-order chi connectivity index (χ0) is 54.6. The van der Waals surface area contributed by atoms with Gasteiger partial charge in [0, 0.05) is 85.5 Å². The molecule has 0 aliphatic rings. The minimum absolute atomic E-state index is 0. The van der Waals surface area contributed by atoms with Crippen molar-refractivity contribution in [2.24, 2.45) is 0 Å². The van der Waals surface area contributed by atoms with Gasteiger partial charge < -0.3 is 19.9 Å². The molecule has 6 heterocycles. The molecule has 0 amide bonds. The largest absolute Gasteiger partial charge is 0.305 e. The van der Waals surface area contributed by atoms with Crippen LogP contribution in [-0.2, 0) is 53.1 Å². The van der Waals surface area contributed by atoms with E-state index >= 15 is 0 Å². The number of benzene rings is 8. The van der Waals surface area contributed by atoms with E-state index in [2.05, 4.69) is 217 Å². The average Bonchev–Trinajstić information content (AvgIpc) is 4.29. The van der Waals surface area contributed by atoms with Gasteiger partial charge in [0.15, 0.2) is 0 Å². The molecule has 0 saturated carbocycles. The zero-order valence-corrected chi connectivity index (χ0v) is 52.2. The molecular weight excluding hydrogens is 1390 g/mol. The average molecular weight is 1450 g/mol. The minimum Gasteiger partial charge on any atom is -0.305 e. The summed E-state index contributed by atoms with van der Waals surface area (Å²) < 4.78 is 5.22. The number of nitrogens with zero attached hydrogens (tertiary/aromatic N) is 4. The van der Waals surface area contributed by atoms with Gasteiger partial charge in [0.2, 0.25) is 0 Å². The van der Waals surface area contributed by atoms with Crippen LogP contribution >= 0.6 is 22.7 Å². The van der Waals surface area contributed by atoms with E-state index in [4.69, 9.17) is 0 Å². The van der Waals surface area contributed by atoms with Crippen molar-refractivity contribution in [1.82, 2.24) is 19.9 Å². The van der Waals surface area contributed by atoms with Crippen molar-refractivity contribution in [2.75, 3.05) is 0 Å². The molecule has 406 valence electrons. The Labute approximate surface area is 516 Å². The second kappa shape index (κ2) is 28.2. The van der Waals surface area contributed by atoms with E-state index in [1.54, 1.807) is 0 Å². The van der Waals surface area contributed by atoms with Crippen molar-refractivity contribution in [3.8, 4) is 67.3 Å². The predicted octanol–water partition coefficient (Wildman–Crippen LogP) is 20.0. The first-order valence-corrected chi connectivity index (χ1v) is 28.6. The van der Waals surface area contributed by atoms with Gasteiger partial charge in [-0.1, -0.05) is 157 Å². The van der Waals surface area contributed by atoms with Gasteiger partial charge in [-0.05, 0) is 116 Å². The molecule has 0 fully saturated rings. The monoisotopic (exact) mass is 1450 g/mol. The number of hydrogen-bond acceptors (Lipinski definition) is 6. The normalized spacial score (nSPS) is 10.6. The summed E-state index contributed by atoms with van der Waals surface area (Å²) in [6, 6.07) is 88.2. The van der Waals surface area contributed by atoms with Gasteiger partial charge in [0.1, 0.15) is 0 Å². The Balaban J connectivity index is 0.000000131. The van der Waals surface area contributed by atoms with Crippen LogP contribution in [0, 0.1) is 38.1 Å². The zero-order valence-electron chi connectivity index (χ0n) is 45.8. The van der Waals surface area contributed by atoms with Crippen LogP contribution < -0.4 is 0 Å². The predicted molar refractivity (Wildman–Crippen MR) is 339 cm³/mol. The molecule has 4 nitrogen and oxygen atoms in total. The molecule has 14 aromatic rings. The molecule has 6 aromatic heterocycles. The molecule has 0 aliphatic heterocycles. The third-order valence-electron chi connectivity index (χ3n) is 13.9. The van der Waals surface area contributed by atoms with E-state index in [-0.39, 0.29) is 40.2 Å². The summed E-state index contributed by atoms with van der Waals surface area (Å²) in [6.07, 6.45) is 9.65. The summed E-state index contributed by atoms with van der Waals surface area (Å²) in [7, 11) is 0. The molecular formula is C74H56Ir2N4S2-4. The maximum absolute atomic E-state index is 4.60. The van der Waals surface area contributed by atoms with Crippen LogP contribution in [0.5, 0.6) is 0 Å². The van der Waals surface area contributed by atoms with E-state index in [0.717, 1.165) is 57.9 Å². The van der Waals surface area contributed by atoms with Gasteiger partial charge in [-0.3, -0.25) is 0 Å². The van der Waals surface area contributed by atoms with Gasteiger partial charge in [-0.25, -0.2) is 0 Å². The molecule has 14 rings (SSSR count). The maximum Gasteiger partial charge on any atom is 0.0246 e. The minimum atomic E-state index is 0. The van der Waals surface area contributed by atoms with Crippen LogP contribution in [0.2, 0.25) is 0 Å².